The zero-order chi connectivity index (χ0) is 19.4. The number of nitrogens with zero attached hydrogens (tertiary/aromatic N) is 2. The molecule has 27 heavy (non-hydrogen) atoms. The Hall–Kier alpha value is -2.60. The molecule has 1 aromatic heterocycles. The van der Waals surface area contributed by atoms with Gasteiger partial charge >= 0.3 is 0 Å². The molecule has 0 aliphatic carbocycles. The first kappa shape index (κ1) is 19.2. The highest BCUT2D eigenvalue weighted by Gasteiger charge is 2.16. The lowest BCUT2D eigenvalue weighted by Crippen LogP contribution is -2.16. The van der Waals surface area contributed by atoms with Gasteiger partial charge in [0.1, 0.15) is 5.82 Å². The topological polar surface area (TPSA) is 101 Å². The van der Waals surface area contributed by atoms with E-state index in [9.17, 15) is 17.6 Å². The van der Waals surface area contributed by atoms with E-state index in [0.29, 0.717) is 14.8 Å². The zero-order valence-electron chi connectivity index (χ0n) is 13.6. The predicted molar refractivity (Wildman–Crippen MR) is 106 cm³/mol. The van der Waals surface area contributed by atoms with Crippen LogP contribution in [-0.2, 0) is 10.0 Å². The molecule has 0 saturated heterocycles. The fourth-order valence-electron chi connectivity index (χ4n) is 2.12. The minimum Gasteiger partial charge on any atom is -0.322 e. The number of hydrogen-bond donors (Lipinski definition) is 2. The summed E-state index contributed by atoms with van der Waals surface area (Å²) in [5.41, 5.74) is 0.714. The number of carbonyl (C=O) groups is 1. The Morgan fingerprint density at radius 1 is 1.04 bits per heavy atom. The zero-order valence-corrected chi connectivity index (χ0v) is 16.5. The van der Waals surface area contributed by atoms with E-state index in [1.54, 1.807) is 6.07 Å². The molecule has 3 rings (SSSR count). The van der Waals surface area contributed by atoms with Crippen molar-refractivity contribution in [3.8, 4) is 0 Å². The number of sulfonamides is 1. The van der Waals surface area contributed by atoms with E-state index in [2.05, 4.69) is 20.0 Å². The second-order valence-corrected chi connectivity index (χ2v) is 8.13. The summed E-state index contributed by atoms with van der Waals surface area (Å²) < 4.78 is 40.5. The van der Waals surface area contributed by atoms with Crippen molar-refractivity contribution in [3.63, 3.8) is 0 Å². The molecule has 0 aliphatic rings. The molecule has 0 fully saturated rings. The van der Waals surface area contributed by atoms with Crippen LogP contribution in [0.1, 0.15) is 10.4 Å². The molecule has 1 amide bonds. The second kappa shape index (κ2) is 7.96. The number of aromatic nitrogens is 2. The number of hydrogen-bond acceptors (Lipinski definition) is 5. The van der Waals surface area contributed by atoms with E-state index in [0.717, 1.165) is 0 Å². The molecule has 2 N–H and O–H groups in total. The number of nitrogens with one attached hydrogen (secondary N) is 2. The van der Waals surface area contributed by atoms with Gasteiger partial charge in [0.2, 0.25) is 5.95 Å². The first-order chi connectivity index (χ1) is 12.8. The lowest BCUT2D eigenvalue weighted by Gasteiger charge is -2.09. The highest BCUT2D eigenvalue weighted by molar-refractivity contribution is 14.1. The van der Waals surface area contributed by atoms with Gasteiger partial charge in [-0.15, -0.1) is 0 Å². The molecule has 10 heteroatoms. The Bertz CT molecular complexity index is 1080. The lowest BCUT2D eigenvalue weighted by molar-refractivity contribution is 0.102. The summed E-state index contributed by atoms with van der Waals surface area (Å²) in [4.78, 5) is 19.9. The molecule has 0 aliphatic heterocycles. The maximum Gasteiger partial charge on any atom is 0.264 e. The molecule has 3 aromatic rings. The van der Waals surface area contributed by atoms with Crippen LogP contribution >= 0.6 is 22.6 Å². The summed E-state index contributed by atoms with van der Waals surface area (Å²) in [5, 5.41) is 2.64. The Kier molecular flexibility index (Phi) is 5.65. The molecule has 0 radical (unpaired) electrons. The second-order valence-electron chi connectivity index (χ2n) is 5.28. The molecular weight excluding hydrogens is 486 g/mol. The lowest BCUT2D eigenvalue weighted by atomic mass is 10.2. The Morgan fingerprint density at radius 3 is 2.33 bits per heavy atom. The van der Waals surface area contributed by atoms with Gasteiger partial charge in [-0.25, -0.2) is 27.5 Å². The van der Waals surface area contributed by atoms with Crippen LogP contribution in [0.5, 0.6) is 0 Å². The molecule has 7 nitrogen and oxygen atoms in total. The summed E-state index contributed by atoms with van der Waals surface area (Å²) in [6.45, 7) is 0. The van der Waals surface area contributed by atoms with Crippen molar-refractivity contribution in [1.82, 2.24) is 9.97 Å². The summed E-state index contributed by atoms with van der Waals surface area (Å²) in [6.07, 6.45) is 2.83. The summed E-state index contributed by atoms with van der Waals surface area (Å²) >= 11 is 1.87. The fraction of sp³-hybridized carbons (Fsp3) is 0. The van der Waals surface area contributed by atoms with Gasteiger partial charge in [0, 0.05) is 21.7 Å². The van der Waals surface area contributed by atoms with E-state index in [1.807, 2.05) is 22.6 Å². The van der Waals surface area contributed by atoms with E-state index >= 15 is 0 Å². The fourth-order valence-corrected chi connectivity index (χ4v) is 3.80. The summed E-state index contributed by atoms with van der Waals surface area (Å²) in [5.74, 6) is -0.896. The van der Waals surface area contributed by atoms with Crippen molar-refractivity contribution in [3.05, 3.63) is 75.9 Å². The van der Waals surface area contributed by atoms with Crippen LogP contribution in [0.4, 0.5) is 16.0 Å². The van der Waals surface area contributed by atoms with Gasteiger partial charge in [0.25, 0.3) is 15.9 Å². The smallest absolute Gasteiger partial charge is 0.264 e. The summed E-state index contributed by atoms with van der Waals surface area (Å²) in [6, 6.07) is 11.0. The minimum atomic E-state index is -3.85. The van der Waals surface area contributed by atoms with Gasteiger partial charge in [-0.05, 0) is 71.1 Å². The van der Waals surface area contributed by atoms with Gasteiger partial charge < -0.3 is 5.32 Å². The largest absolute Gasteiger partial charge is 0.322 e. The van der Waals surface area contributed by atoms with Gasteiger partial charge in [0.05, 0.1) is 10.5 Å². The van der Waals surface area contributed by atoms with Crippen molar-refractivity contribution in [2.75, 3.05) is 10.0 Å². The number of anilines is 2. The Balaban J connectivity index is 1.74. The molecule has 0 saturated carbocycles. The van der Waals surface area contributed by atoms with Crippen molar-refractivity contribution < 1.29 is 17.6 Å². The van der Waals surface area contributed by atoms with E-state index < -0.39 is 21.7 Å². The number of rotatable bonds is 5. The number of carbonyl (C=O) groups excluding carboxylic acids is 1. The number of benzene rings is 2. The predicted octanol–water partition coefficient (Wildman–Crippen LogP) is 3.27. The quantitative estimate of drug-likeness (QED) is 0.526. The van der Waals surface area contributed by atoms with Crippen LogP contribution in [0.3, 0.4) is 0 Å². The first-order valence-electron chi connectivity index (χ1n) is 7.51. The Labute approximate surface area is 168 Å². The average molecular weight is 498 g/mol. The molecule has 2 aromatic carbocycles. The van der Waals surface area contributed by atoms with Crippen molar-refractivity contribution in [1.29, 1.82) is 0 Å². The van der Waals surface area contributed by atoms with Crippen LogP contribution in [0.15, 0.2) is 65.8 Å². The van der Waals surface area contributed by atoms with Gasteiger partial charge in [-0.1, -0.05) is 0 Å². The molecule has 0 unspecified atom stereocenters. The number of amides is 1. The third-order valence-corrected chi connectivity index (χ3v) is 5.63. The third kappa shape index (κ3) is 4.77. The van der Waals surface area contributed by atoms with Crippen LogP contribution in [-0.4, -0.2) is 24.3 Å². The van der Waals surface area contributed by atoms with Crippen LogP contribution in [0.2, 0.25) is 0 Å². The molecule has 0 atom stereocenters. The highest BCUT2D eigenvalue weighted by atomic mass is 127. The third-order valence-electron chi connectivity index (χ3n) is 3.39. The van der Waals surface area contributed by atoms with Crippen molar-refractivity contribution >= 4 is 50.2 Å². The average Bonchev–Trinajstić information content (AvgIpc) is 2.62. The minimum absolute atomic E-state index is 0.00989. The molecular formula is C17H12FIN4O3S. The van der Waals surface area contributed by atoms with Crippen molar-refractivity contribution in [2.24, 2.45) is 0 Å². The molecule has 1 heterocycles. The number of halogens is 2. The van der Waals surface area contributed by atoms with Crippen LogP contribution in [0, 0.1) is 9.39 Å². The van der Waals surface area contributed by atoms with Crippen LogP contribution in [0.25, 0.3) is 0 Å². The monoisotopic (exact) mass is 498 g/mol. The SMILES string of the molecule is O=C(Nc1ccc(S(=O)(=O)Nc2ncccn2)cc1)c1ccc(F)cc1I. The van der Waals surface area contributed by atoms with Crippen LogP contribution < -0.4 is 10.0 Å². The highest BCUT2D eigenvalue weighted by Crippen LogP contribution is 2.19. The maximum absolute atomic E-state index is 13.1. The Morgan fingerprint density at radius 2 is 1.70 bits per heavy atom. The molecule has 0 spiro atoms. The standard InChI is InChI=1S/C17H12FIN4O3S/c18-11-2-7-14(15(19)10-11)16(24)22-12-3-5-13(6-4-12)27(25,26)23-17-20-8-1-9-21-17/h1-10H,(H,22,24)(H,20,21,23). The van der Waals surface area contributed by atoms with Gasteiger partial charge in [-0.2, -0.15) is 0 Å². The maximum atomic E-state index is 13.1. The van der Waals surface area contributed by atoms with E-state index in [4.69, 9.17) is 0 Å². The van der Waals surface area contributed by atoms with Crippen molar-refractivity contribution in [2.45, 2.75) is 4.90 Å². The summed E-state index contributed by atoms with van der Waals surface area (Å²) in [7, 11) is -3.85. The van der Waals surface area contributed by atoms with Gasteiger partial charge in [-0.3, -0.25) is 4.79 Å². The van der Waals surface area contributed by atoms with Gasteiger partial charge in [0.15, 0.2) is 0 Å². The normalized spacial score (nSPS) is 11.0. The molecule has 138 valence electrons. The molecule has 0 bridgehead atoms. The van der Waals surface area contributed by atoms with E-state index in [-0.39, 0.29) is 10.8 Å². The van der Waals surface area contributed by atoms with E-state index in [1.165, 1.54) is 54.9 Å². The first-order valence-corrected chi connectivity index (χ1v) is 10.1.